The molecular weight excluding hydrogens is 380 g/mol. The molecule has 0 spiro atoms. The van der Waals surface area contributed by atoms with Crippen molar-refractivity contribution >= 4 is 29.1 Å². The first kappa shape index (κ1) is 19.4. The van der Waals surface area contributed by atoms with Gasteiger partial charge in [-0.25, -0.2) is 0 Å². The van der Waals surface area contributed by atoms with Gasteiger partial charge in [0.25, 0.3) is 5.22 Å². The van der Waals surface area contributed by atoms with Crippen LogP contribution in [0.25, 0.3) is 11.5 Å². The van der Waals surface area contributed by atoms with Gasteiger partial charge in [0.2, 0.25) is 11.8 Å². The number of thioether (sulfide) groups is 1. The van der Waals surface area contributed by atoms with Crippen LogP contribution in [0.15, 0.2) is 63.3 Å². The standard InChI is InChI=1S/C19H18N4O4S/c1-12(23-25)13-3-7-15(8-4-13)20-17(24)11-28-19-22-21-18(27-19)14-5-9-16(26-2)10-6-14/h3-10,25H,11H2,1-2H3,(H,20,24)/b23-12+. The minimum Gasteiger partial charge on any atom is -0.497 e. The quantitative estimate of drug-likeness (QED) is 0.270. The first-order chi connectivity index (χ1) is 13.6. The lowest BCUT2D eigenvalue weighted by atomic mass is 10.1. The molecule has 0 aliphatic heterocycles. The van der Waals surface area contributed by atoms with Gasteiger partial charge in [-0.05, 0) is 48.9 Å². The van der Waals surface area contributed by atoms with Gasteiger partial charge in [-0.1, -0.05) is 29.1 Å². The maximum atomic E-state index is 12.1. The van der Waals surface area contributed by atoms with Crippen molar-refractivity contribution in [3.8, 4) is 17.2 Å². The highest BCUT2D eigenvalue weighted by molar-refractivity contribution is 7.99. The van der Waals surface area contributed by atoms with Gasteiger partial charge in [-0.2, -0.15) is 0 Å². The molecule has 0 bridgehead atoms. The van der Waals surface area contributed by atoms with Crippen molar-refractivity contribution in [3.05, 3.63) is 54.1 Å². The van der Waals surface area contributed by atoms with Gasteiger partial charge in [0.15, 0.2) is 0 Å². The SMILES string of the molecule is COc1ccc(-c2nnc(SCC(=O)Nc3ccc(/C(C)=N/O)cc3)o2)cc1. The minimum absolute atomic E-state index is 0.128. The van der Waals surface area contributed by atoms with Crippen LogP contribution in [0.5, 0.6) is 5.75 Å². The Morgan fingerprint density at radius 2 is 1.89 bits per heavy atom. The molecule has 0 saturated carbocycles. The fourth-order valence-corrected chi connectivity index (χ4v) is 2.86. The Bertz CT molecular complexity index is 968. The number of nitrogens with one attached hydrogen (secondary N) is 1. The van der Waals surface area contributed by atoms with Crippen LogP contribution < -0.4 is 10.1 Å². The second-order valence-electron chi connectivity index (χ2n) is 5.70. The van der Waals surface area contributed by atoms with E-state index in [2.05, 4.69) is 20.7 Å². The molecule has 0 radical (unpaired) electrons. The zero-order valence-electron chi connectivity index (χ0n) is 15.2. The number of aromatic nitrogens is 2. The van der Waals surface area contributed by atoms with E-state index >= 15 is 0 Å². The molecule has 0 fully saturated rings. The van der Waals surface area contributed by atoms with E-state index in [9.17, 15) is 4.79 Å². The third-order valence-corrected chi connectivity index (χ3v) is 4.63. The third-order valence-electron chi connectivity index (χ3n) is 3.81. The van der Waals surface area contributed by atoms with E-state index in [1.54, 1.807) is 50.4 Å². The summed E-state index contributed by atoms with van der Waals surface area (Å²) < 4.78 is 10.7. The van der Waals surface area contributed by atoms with Gasteiger partial charge < -0.3 is 19.7 Å². The predicted octanol–water partition coefficient (Wildman–Crippen LogP) is 3.67. The lowest BCUT2D eigenvalue weighted by molar-refractivity contribution is -0.113. The molecule has 1 heterocycles. The lowest BCUT2D eigenvalue weighted by Gasteiger charge is -2.05. The Kier molecular flexibility index (Phi) is 6.28. The van der Waals surface area contributed by atoms with E-state index in [0.717, 1.165) is 28.6 Å². The van der Waals surface area contributed by atoms with E-state index in [-0.39, 0.29) is 11.7 Å². The Morgan fingerprint density at radius 3 is 2.54 bits per heavy atom. The predicted molar refractivity (Wildman–Crippen MR) is 106 cm³/mol. The molecule has 8 nitrogen and oxygen atoms in total. The van der Waals surface area contributed by atoms with Gasteiger partial charge in [-0.3, -0.25) is 4.79 Å². The molecule has 0 aliphatic rings. The highest BCUT2D eigenvalue weighted by Gasteiger charge is 2.12. The number of methoxy groups -OCH3 is 1. The maximum absolute atomic E-state index is 12.1. The van der Waals surface area contributed by atoms with Crippen molar-refractivity contribution in [2.75, 3.05) is 18.2 Å². The van der Waals surface area contributed by atoms with Crippen LogP contribution in [0.1, 0.15) is 12.5 Å². The zero-order chi connectivity index (χ0) is 19.9. The first-order valence-electron chi connectivity index (χ1n) is 8.28. The summed E-state index contributed by atoms with van der Waals surface area (Å²) in [7, 11) is 1.60. The Balaban J connectivity index is 1.54. The maximum Gasteiger partial charge on any atom is 0.277 e. The molecule has 0 saturated heterocycles. The number of oxime groups is 1. The summed E-state index contributed by atoms with van der Waals surface area (Å²) in [6.07, 6.45) is 0. The summed E-state index contributed by atoms with van der Waals surface area (Å²) in [4.78, 5) is 12.1. The normalized spacial score (nSPS) is 11.3. The highest BCUT2D eigenvalue weighted by Crippen LogP contribution is 2.25. The number of benzene rings is 2. The largest absolute Gasteiger partial charge is 0.497 e. The molecule has 1 aromatic heterocycles. The fourth-order valence-electron chi connectivity index (χ4n) is 2.30. The second kappa shape index (κ2) is 9.05. The number of nitrogens with zero attached hydrogens (tertiary/aromatic N) is 3. The Hall–Kier alpha value is -3.33. The van der Waals surface area contributed by atoms with Crippen molar-refractivity contribution in [2.24, 2.45) is 5.16 Å². The van der Waals surface area contributed by atoms with E-state index in [1.807, 2.05) is 12.1 Å². The molecule has 3 rings (SSSR count). The molecule has 9 heteroatoms. The molecule has 3 aromatic rings. The number of rotatable bonds is 7. The Morgan fingerprint density at radius 1 is 1.18 bits per heavy atom. The summed E-state index contributed by atoms with van der Waals surface area (Å²) >= 11 is 1.15. The van der Waals surface area contributed by atoms with Crippen LogP contribution in [0.2, 0.25) is 0 Å². The zero-order valence-corrected chi connectivity index (χ0v) is 16.1. The average Bonchev–Trinajstić information content (AvgIpc) is 3.21. The van der Waals surface area contributed by atoms with Crippen LogP contribution in [0.3, 0.4) is 0 Å². The van der Waals surface area contributed by atoms with Crippen LogP contribution in [0.4, 0.5) is 5.69 Å². The van der Waals surface area contributed by atoms with E-state index in [0.29, 0.717) is 22.5 Å². The molecule has 2 aromatic carbocycles. The number of ether oxygens (including phenoxy) is 1. The molecule has 28 heavy (non-hydrogen) atoms. The fraction of sp³-hybridized carbons (Fsp3) is 0.158. The van der Waals surface area contributed by atoms with Crippen molar-refractivity contribution in [3.63, 3.8) is 0 Å². The summed E-state index contributed by atoms with van der Waals surface area (Å²) in [5.74, 6) is 1.04. The van der Waals surface area contributed by atoms with Crippen molar-refractivity contribution in [2.45, 2.75) is 12.1 Å². The number of hydrogen-bond acceptors (Lipinski definition) is 8. The summed E-state index contributed by atoms with van der Waals surface area (Å²) in [5.41, 5.74) is 2.68. The molecule has 2 N–H and O–H groups in total. The summed E-state index contributed by atoms with van der Waals surface area (Å²) in [6, 6.07) is 14.2. The first-order valence-corrected chi connectivity index (χ1v) is 9.27. The number of carbonyl (C=O) groups is 1. The lowest BCUT2D eigenvalue weighted by Crippen LogP contribution is -2.14. The molecule has 1 amide bonds. The van der Waals surface area contributed by atoms with E-state index in [1.165, 1.54) is 0 Å². The smallest absolute Gasteiger partial charge is 0.277 e. The van der Waals surface area contributed by atoms with E-state index in [4.69, 9.17) is 14.4 Å². The van der Waals surface area contributed by atoms with E-state index < -0.39 is 0 Å². The second-order valence-corrected chi connectivity index (χ2v) is 6.63. The van der Waals surface area contributed by atoms with Crippen LogP contribution >= 0.6 is 11.8 Å². The van der Waals surface area contributed by atoms with Crippen LogP contribution in [-0.4, -0.2) is 39.9 Å². The minimum atomic E-state index is -0.200. The number of hydrogen-bond donors (Lipinski definition) is 2. The molecule has 144 valence electrons. The summed E-state index contributed by atoms with van der Waals surface area (Å²) in [5, 5.41) is 23.0. The van der Waals surface area contributed by atoms with Crippen molar-refractivity contribution in [1.82, 2.24) is 10.2 Å². The van der Waals surface area contributed by atoms with Crippen molar-refractivity contribution in [1.29, 1.82) is 0 Å². The number of amides is 1. The number of carbonyl (C=O) groups excluding carboxylic acids is 1. The molecular formula is C19H18N4O4S. The molecule has 0 aliphatic carbocycles. The Labute approximate surface area is 165 Å². The average molecular weight is 398 g/mol. The van der Waals surface area contributed by atoms with Gasteiger partial charge in [0.1, 0.15) is 5.75 Å². The van der Waals surface area contributed by atoms with Crippen LogP contribution in [-0.2, 0) is 4.79 Å². The topological polar surface area (TPSA) is 110 Å². The third kappa shape index (κ3) is 4.89. The van der Waals surface area contributed by atoms with Gasteiger partial charge in [0, 0.05) is 11.3 Å². The monoisotopic (exact) mass is 398 g/mol. The molecule has 0 atom stereocenters. The van der Waals surface area contributed by atoms with Gasteiger partial charge in [0.05, 0.1) is 18.6 Å². The van der Waals surface area contributed by atoms with Gasteiger partial charge in [-0.15, -0.1) is 10.2 Å². The van der Waals surface area contributed by atoms with Crippen LogP contribution in [0, 0.1) is 0 Å². The van der Waals surface area contributed by atoms with Crippen molar-refractivity contribution < 1.29 is 19.2 Å². The highest BCUT2D eigenvalue weighted by atomic mass is 32.2. The molecule has 0 unspecified atom stereocenters. The van der Waals surface area contributed by atoms with Gasteiger partial charge >= 0.3 is 0 Å². The summed E-state index contributed by atoms with van der Waals surface area (Å²) in [6.45, 7) is 1.69. The number of anilines is 1.